The third-order valence-corrected chi connectivity index (χ3v) is 7.31. The van der Waals surface area contributed by atoms with Crippen molar-refractivity contribution in [3.63, 3.8) is 0 Å². The standard InChI is InChI=1S/C26H26N4O4S/c1-34-26(31)13-10-21-5-2-6-23(17-21)20-29(35(32,33)25-7-3-14-27-18-25)19-22-8-11-24(12-9-22)30-16-4-15-28-30/h2-9,11-12,14-18H,10,13,19-20H2,1H3. The zero-order valence-corrected chi connectivity index (χ0v) is 20.1. The van der Waals surface area contributed by atoms with Crippen LogP contribution >= 0.6 is 0 Å². The van der Waals surface area contributed by atoms with Crippen molar-refractivity contribution in [1.82, 2.24) is 19.1 Å². The molecule has 35 heavy (non-hydrogen) atoms. The van der Waals surface area contributed by atoms with Crippen molar-refractivity contribution in [2.75, 3.05) is 7.11 Å². The van der Waals surface area contributed by atoms with E-state index in [-0.39, 0.29) is 30.4 Å². The molecule has 0 saturated heterocycles. The lowest BCUT2D eigenvalue weighted by atomic mass is 10.1. The van der Waals surface area contributed by atoms with Gasteiger partial charge in [-0.3, -0.25) is 9.78 Å². The van der Waals surface area contributed by atoms with E-state index < -0.39 is 10.0 Å². The summed E-state index contributed by atoms with van der Waals surface area (Å²) in [5.41, 5.74) is 3.50. The first-order valence-electron chi connectivity index (χ1n) is 11.1. The third kappa shape index (κ3) is 6.20. The maximum atomic E-state index is 13.5. The number of esters is 1. The van der Waals surface area contributed by atoms with Gasteiger partial charge >= 0.3 is 5.97 Å². The lowest BCUT2D eigenvalue weighted by Gasteiger charge is -2.23. The number of carbonyl (C=O) groups excluding carboxylic acids is 1. The molecule has 0 aliphatic carbocycles. The number of benzene rings is 2. The average molecular weight is 491 g/mol. The second-order valence-corrected chi connectivity index (χ2v) is 9.91. The van der Waals surface area contributed by atoms with E-state index >= 15 is 0 Å². The molecule has 0 aliphatic rings. The van der Waals surface area contributed by atoms with Crippen LogP contribution < -0.4 is 0 Å². The SMILES string of the molecule is COC(=O)CCc1cccc(CN(Cc2ccc(-n3cccn3)cc2)S(=O)(=O)c2cccnc2)c1. The van der Waals surface area contributed by atoms with Crippen LogP contribution in [0.15, 0.2) is 96.4 Å². The molecule has 0 N–H and O–H groups in total. The number of methoxy groups -OCH3 is 1. The van der Waals surface area contributed by atoms with Crippen molar-refractivity contribution in [2.45, 2.75) is 30.8 Å². The van der Waals surface area contributed by atoms with E-state index in [1.54, 1.807) is 29.2 Å². The van der Waals surface area contributed by atoms with Crippen LogP contribution in [0.1, 0.15) is 23.1 Å². The number of hydrogen-bond acceptors (Lipinski definition) is 6. The van der Waals surface area contributed by atoms with Gasteiger partial charge in [0.25, 0.3) is 0 Å². The fraction of sp³-hybridized carbons (Fsp3) is 0.192. The van der Waals surface area contributed by atoms with Crippen LogP contribution in [0, 0.1) is 0 Å². The normalized spacial score (nSPS) is 11.5. The number of ether oxygens (including phenoxy) is 1. The van der Waals surface area contributed by atoms with Gasteiger partial charge in [-0.1, -0.05) is 36.4 Å². The molecule has 8 nitrogen and oxygen atoms in total. The van der Waals surface area contributed by atoms with Crippen LogP contribution in [0.2, 0.25) is 0 Å². The van der Waals surface area contributed by atoms with Gasteiger partial charge < -0.3 is 4.74 Å². The lowest BCUT2D eigenvalue weighted by Crippen LogP contribution is -2.30. The van der Waals surface area contributed by atoms with Gasteiger partial charge in [-0.05, 0) is 53.4 Å². The molecule has 0 unspecified atom stereocenters. The number of carbonyl (C=O) groups is 1. The van der Waals surface area contributed by atoms with E-state index in [4.69, 9.17) is 4.74 Å². The van der Waals surface area contributed by atoms with E-state index in [0.717, 1.165) is 22.4 Å². The Morgan fingerprint density at radius 3 is 2.40 bits per heavy atom. The van der Waals surface area contributed by atoms with Crippen LogP contribution in [0.25, 0.3) is 5.69 Å². The van der Waals surface area contributed by atoms with Crippen molar-refractivity contribution in [3.05, 3.63) is 108 Å². The molecule has 180 valence electrons. The summed E-state index contributed by atoms with van der Waals surface area (Å²) in [6.45, 7) is 0.354. The molecule has 0 spiro atoms. The van der Waals surface area contributed by atoms with Gasteiger partial charge in [-0.15, -0.1) is 0 Å². The Morgan fingerprint density at radius 1 is 0.943 bits per heavy atom. The number of pyridine rings is 1. The average Bonchev–Trinajstić information content (AvgIpc) is 3.43. The number of aromatic nitrogens is 3. The molecule has 0 atom stereocenters. The Bertz CT molecular complexity index is 1360. The lowest BCUT2D eigenvalue weighted by molar-refractivity contribution is -0.140. The van der Waals surface area contributed by atoms with E-state index in [1.807, 2.05) is 60.8 Å². The molecule has 9 heteroatoms. The van der Waals surface area contributed by atoms with Crippen molar-refractivity contribution >= 4 is 16.0 Å². The van der Waals surface area contributed by atoms with Gasteiger partial charge in [0.2, 0.25) is 10.0 Å². The minimum Gasteiger partial charge on any atom is -0.469 e. The Kier molecular flexibility index (Phi) is 7.69. The Hall–Kier alpha value is -3.82. The number of hydrogen-bond donors (Lipinski definition) is 0. The third-order valence-electron chi connectivity index (χ3n) is 5.53. The molecule has 2 aromatic heterocycles. The van der Waals surface area contributed by atoms with Crippen LogP contribution in [0.5, 0.6) is 0 Å². The molecule has 0 fully saturated rings. The van der Waals surface area contributed by atoms with Gasteiger partial charge in [0.15, 0.2) is 0 Å². The van der Waals surface area contributed by atoms with E-state index in [0.29, 0.717) is 6.42 Å². The van der Waals surface area contributed by atoms with Gasteiger partial charge in [0.1, 0.15) is 4.90 Å². The van der Waals surface area contributed by atoms with Gasteiger partial charge in [-0.25, -0.2) is 13.1 Å². The molecule has 0 aliphatic heterocycles. The van der Waals surface area contributed by atoms with Crippen LogP contribution in [0.4, 0.5) is 0 Å². The van der Waals surface area contributed by atoms with Crippen LogP contribution in [-0.4, -0.2) is 40.6 Å². The molecular formula is C26H26N4O4S. The molecule has 0 radical (unpaired) electrons. The van der Waals surface area contributed by atoms with Gasteiger partial charge in [0.05, 0.1) is 12.8 Å². The summed E-state index contributed by atoms with van der Waals surface area (Å²) in [4.78, 5) is 15.6. The molecule has 0 bridgehead atoms. The highest BCUT2D eigenvalue weighted by molar-refractivity contribution is 7.89. The summed E-state index contributed by atoms with van der Waals surface area (Å²) in [6, 6.07) is 20.2. The zero-order valence-electron chi connectivity index (χ0n) is 19.3. The molecule has 0 saturated carbocycles. The number of aryl methyl sites for hydroxylation is 1. The summed E-state index contributed by atoms with van der Waals surface area (Å²) in [5, 5.41) is 4.23. The highest BCUT2D eigenvalue weighted by Crippen LogP contribution is 2.22. The van der Waals surface area contributed by atoms with Crippen LogP contribution in [0.3, 0.4) is 0 Å². The predicted octanol–water partition coefficient (Wildman–Crippen LogP) is 3.76. The van der Waals surface area contributed by atoms with Crippen LogP contribution in [-0.2, 0) is 39.1 Å². The minimum atomic E-state index is -3.81. The van der Waals surface area contributed by atoms with E-state index in [9.17, 15) is 13.2 Å². The minimum absolute atomic E-state index is 0.134. The zero-order chi connectivity index (χ0) is 24.7. The van der Waals surface area contributed by atoms with Crippen molar-refractivity contribution < 1.29 is 17.9 Å². The van der Waals surface area contributed by atoms with Gasteiger partial charge in [-0.2, -0.15) is 9.40 Å². The largest absolute Gasteiger partial charge is 0.469 e. The number of nitrogens with zero attached hydrogens (tertiary/aromatic N) is 4. The second-order valence-electron chi connectivity index (χ2n) is 7.97. The fourth-order valence-electron chi connectivity index (χ4n) is 3.69. The molecule has 2 heterocycles. The monoisotopic (exact) mass is 490 g/mol. The van der Waals surface area contributed by atoms with E-state index in [1.165, 1.54) is 17.6 Å². The maximum absolute atomic E-state index is 13.5. The first-order valence-corrected chi connectivity index (χ1v) is 12.5. The van der Waals surface area contributed by atoms with Gasteiger partial charge in [0, 0.05) is 44.3 Å². The second kappa shape index (κ2) is 11.1. The highest BCUT2D eigenvalue weighted by atomic mass is 32.2. The van der Waals surface area contributed by atoms with Crippen molar-refractivity contribution in [2.24, 2.45) is 0 Å². The Labute approximate surface area is 204 Å². The van der Waals surface area contributed by atoms with Crippen molar-refractivity contribution in [3.8, 4) is 5.69 Å². The molecule has 4 rings (SSSR count). The quantitative estimate of drug-likeness (QED) is 0.314. The Balaban J connectivity index is 1.59. The molecular weight excluding hydrogens is 464 g/mol. The number of rotatable bonds is 10. The number of sulfonamides is 1. The summed E-state index contributed by atoms with van der Waals surface area (Å²) < 4.78 is 35.0. The summed E-state index contributed by atoms with van der Waals surface area (Å²) >= 11 is 0. The first-order chi connectivity index (χ1) is 17.0. The fourth-order valence-corrected chi connectivity index (χ4v) is 5.07. The summed E-state index contributed by atoms with van der Waals surface area (Å²) in [7, 11) is -2.45. The molecule has 0 amide bonds. The maximum Gasteiger partial charge on any atom is 0.305 e. The van der Waals surface area contributed by atoms with E-state index in [2.05, 4.69) is 10.1 Å². The summed E-state index contributed by atoms with van der Waals surface area (Å²) in [6.07, 6.45) is 7.24. The molecule has 2 aromatic carbocycles. The highest BCUT2D eigenvalue weighted by Gasteiger charge is 2.25. The first kappa shape index (κ1) is 24.3. The molecule has 4 aromatic rings. The smallest absolute Gasteiger partial charge is 0.305 e. The predicted molar refractivity (Wildman–Crippen MR) is 131 cm³/mol. The summed E-state index contributed by atoms with van der Waals surface area (Å²) in [5.74, 6) is -0.283. The Morgan fingerprint density at radius 2 is 1.71 bits per heavy atom. The van der Waals surface area contributed by atoms with Crippen molar-refractivity contribution in [1.29, 1.82) is 0 Å². The topological polar surface area (TPSA) is 94.4 Å².